The van der Waals surface area contributed by atoms with Gasteiger partial charge in [-0.2, -0.15) is 9.61 Å². The molecular weight excluding hydrogens is 282 g/mol. The molecule has 2 aromatic heterocycles. The summed E-state index contributed by atoms with van der Waals surface area (Å²) in [6, 6.07) is 4.00. The van der Waals surface area contributed by atoms with Gasteiger partial charge in [0.1, 0.15) is 5.82 Å². The van der Waals surface area contributed by atoms with Crippen LogP contribution in [0, 0.1) is 0 Å². The van der Waals surface area contributed by atoms with Crippen LogP contribution in [-0.4, -0.2) is 58.4 Å². The van der Waals surface area contributed by atoms with Gasteiger partial charge in [0.2, 0.25) is 0 Å². The largest absolute Gasteiger partial charge is 0.450 e. The molecule has 22 heavy (non-hydrogen) atoms. The molecule has 0 bridgehead atoms. The number of hydrogen-bond acceptors (Lipinski definition) is 5. The zero-order valence-corrected chi connectivity index (χ0v) is 13.0. The number of nitrogens with zero attached hydrogens (tertiary/aromatic N) is 5. The van der Waals surface area contributed by atoms with Gasteiger partial charge in [-0.15, -0.1) is 0 Å². The van der Waals surface area contributed by atoms with Gasteiger partial charge in [0, 0.05) is 44.0 Å². The highest BCUT2D eigenvalue weighted by molar-refractivity contribution is 5.68. The molecule has 1 fully saturated rings. The van der Waals surface area contributed by atoms with E-state index in [4.69, 9.17) is 4.74 Å². The summed E-state index contributed by atoms with van der Waals surface area (Å²) in [5.41, 5.74) is 1.91. The van der Waals surface area contributed by atoms with Gasteiger partial charge >= 0.3 is 6.09 Å². The van der Waals surface area contributed by atoms with E-state index in [1.54, 1.807) is 11.1 Å². The summed E-state index contributed by atoms with van der Waals surface area (Å²) in [6.07, 6.45) is 2.42. The number of fused-ring (bicyclic) bond motifs is 1. The molecule has 0 N–H and O–H groups in total. The van der Waals surface area contributed by atoms with Gasteiger partial charge in [-0.3, -0.25) is 0 Å². The SMILES string of the molecule is CCOC(=O)N1CCN(c2cc(CC)nc3ccnn23)CC1. The lowest BCUT2D eigenvalue weighted by Gasteiger charge is -2.35. The fraction of sp³-hybridized carbons (Fsp3) is 0.533. The molecule has 0 spiro atoms. The van der Waals surface area contributed by atoms with Crippen molar-refractivity contribution in [2.24, 2.45) is 0 Å². The number of anilines is 1. The Hall–Kier alpha value is -2.31. The molecular formula is C15H21N5O2. The van der Waals surface area contributed by atoms with Crippen molar-refractivity contribution in [3.8, 4) is 0 Å². The van der Waals surface area contributed by atoms with E-state index in [0.29, 0.717) is 19.7 Å². The Bertz CT molecular complexity index is 661. The van der Waals surface area contributed by atoms with Gasteiger partial charge in [0.15, 0.2) is 5.65 Å². The molecule has 0 aromatic carbocycles. The molecule has 1 saturated heterocycles. The average Bonchev–Trinajstić information content (AvgIpc) is 3.02. The Balaban J connectivity index is 1.79. The first-order valence-electron chi connectivity index (χ1n) is 7.73. The van der Waals surface area contributed by atoms with Crippen molar-refractivity contribution in [2.75, 3.05) is 37.7 Å². The van der Waals surface area contributed by atoms with E-state index in [1.807, 2.05) is 17.5 Å². The first-order chi connectivity index (χ1) is 10.7. The van der Waals surface area contributed by atoms with E-state index in [1.165, 1.54) is 0 Å². The molecule has 1 aliphatic rings. The number of carbonyl (C=O) groups is 1. The number of carbonyl (C=O) groups excluding carboxylic acids is 1. The van der Waals surface area contributed by atoms with Crippen molar-refractivity contribution in [3.63, 3.8) is 0 Å². The number of amides is 1. The van der Waals surface area contributed by atoms with Crippen LogP contribution in [-0.2, 0) is 11.2 Å². The lowest BCUT2D eigenvalue weighted by Crippen LogP contribution is -2.49. The molecule has 118 valence electrons. The maximum Gasteiger partial charge on any atom is 0.409 e. The third-order valence-corrected chi connectivity index (χ3v) is 3.89. The summed E-state index contributed by atoms with van der Waals surface area (Å²) in [5, 5.41) is 4.36. The van der Waals surface area contributed by atoms with Crippen LogP contribution in [0.1, 0.15) is 19.5 Å². The molecule has 0 unspecified atom stereocenters. The van der Waals surface area contributed by atoms with Gasteiger partial charge in [0.25, 0.3) is 0 Å². The molecule has 7 nitrogen and oxygen atoms in total. The molecule has 0 atom stereocenters. The number of ether oxygens (including phenoxy) is 1. The molecule has 1 aliphatic heterocycles. The van der Waals surface area contributed by atoms with Gasteiger partial charge in [-0.25, -0.2) is 9.78 Å². The van der Waals surface area contributed by atoms with Crippen LogP contribution in [0.2, 0.25) is 0 Å². The summed E-state index contributed by atoms with van der Waals surface area (Å²) in [6.45, 7) is 7.18. The minimum atomic E-state index is -0.227. The fourth-order valence-corrected chi connectivity index (χ4v) is 2.69. The molecule has 2 aromatic rings. The van der Waals surface area contributed by atoms with E-state index < -0.39 is 0 Å². The van der Waals surface area contributed by atoms with Crippen LogP contribution < -0.4 is 4.90 Å². The van der Waals surface area contributed by atoms with E-state index in [-0.39, 0.29) is 6.09 Å². The minimum absolute atomic E-state index is 0.227. The average molecular weight is 303 g/mol. The smallest absolute Gasteiger partial charge is 0.409 e. The normalized spacial score (nSPS) is 15.4. The Kier molecular flexibility index (Phi) is 4.13. The van der Waals surface area contributed by atoms with Crippen molar-refractivity contribution in [3.05, 3.63) is 24.0 Å². The summed E-state index contributed by atoms with van der Waals surface area (Å²) in [4.78, 5) is 20.3. The third-order valence-electron chi connectivity index (χ3n) is 3.89. The van der Waals surface area contributed by atoms with Crippen molar-refractivity contribution >= 4 is 17.6 Å². The lowest BCUT2D eigenvalue weighted by atomic mass is 10.2. The van der Waals surface area contributed by atoms with Crippen molar-refractivity contribution in [2.45, 2.75) is 20.3 Å². The Labute approximate surface area is 129 Å². The van der Waals surface area contributed by atoms with Crippen molar-refractivity contribution in [1.29, 1.82) is 0 Å². The standard InChI is InChI=1S/C15H21N5O2/c1-3-12-11-14(20-13(17-12)5-6-16-20)18-7-9-19(10-8-18)15(21)22-4-2/h5-6,11H,3-4,7-10H2,1-2H3. The second-order valence-electron chi connectivity index (χ2n) is 5.23. The highest BCUT2D eigenvalue weighted by Gasteiger charge is 2.23. The highest BCUT2D eigenvalue weighted by Crippen LogP contribution is 2.19. The maximum absolute atomic E-state index is 11.8. The zero-order valence-electron chi connectivity index (χ0n) is 13.0. The second kappa shape index (κ2) is 6.21. The van der Waals surface area contributed by atoms with E-state index in [9.17, 15) is 4.79 Å². The number of piperazine rings is 1. The predicted octanol–water partition coefficient (Wildman–Crippen LogP) is 1.57. The molecule has 7 heteroatoms. The quantitative estimate of drug-likeness (QED) is 0.861. The van der Waals surface area contributed by atoms with Crippen LogP contribution in [0.15, 0.2) is 18.3 Å². The minimum Gasteiger partial charge on any atom is -0.450 e. The van der Waals surface area contributed by atoms with Crippen molar-refractivity contribution < 1.29 is 9.53 Å². The number of hydrogen-bond donors (Lipinski definition) is 0. The Morgan fingerprint density at radius 3 is 2.73 bits per heavy atom. The molecule has 0 radical (unpaired) electrons. The van der Waals surface area contributed by atoms with Crippen LogP contribution in [0.3, 0.4) is 0 Å². The molecule has 0 aliphatic carbocycles. The number of rotatable bonds is 3. The Morgan fingerprint density at radius 2 is 2.05 bits per heavy atom. The first kappa shape index (κ1) is 14.6. The molecule has 0 saturated carbocycles. The summed E-state index contributed by atoms with van der Waals surface area (Å²) < 4.78 is 6.92. The number of aromatic nitrogens is 3. The van der Waals surface area contributed by atoms with Gasteiger partial charge in [0.05, 0.1) is 12.8 Å². The van der Waals surface area contributed by atoms with Crippen LogP contribution in [0.5, 0.6) is 0 Å². The third kappa shape index (κ3) is 2.70. The fourth-order valence-electron chi connectivity index (χ4n) is 2.69. The van der Waals surface area contributed by atoms with Gasteiger partial charge < -0.3 is 14.5 Å². The molecule has 3 heterocycles. The van der Waals surface area contributed by atoms with Crippen LogP contribution >= 0.6 is 0 Å². The lowest BCUT2D eigenvalue weighted by molar-refractivity contribution is 0.105. The van der Waals surface area contributed by atoms with Crippen LogP contribution in [0.4, 0.5) is 10.6 Å². The van der Waals surface area contributed by atoms with Gasteiger partial charge in [-0.1, -0.05) is 6.92 Å². The summed E-state index contributed by atoms with van der Waals surface area (Å²) in [5.74, 6) is 1.04. The predicted molar refractivity (Wildman–Crippen MR) is 83.2 cm³/mol. The maximum atomic E-state index is 11.8. The monoisotopic (exact) mass is 303 g/mol. The molecule has 3 rings (SSSR count). The van der Waals surface area contributed by atoms with E-state index in [2.05, 4.69) is 28.0 Å². The van der Waals surface area contributed by atoms with Gasteiger partial charge in [-0.05, 0) is 13.3 Å². The zero-order chi connectivity index (χ0) is 15.5. The topological polar surface area (TPSA) is 63.0 Å². The summed E-state index contributed by atoms with van der Waals surface area (Å²) >= 11 is 0. The van der Waals surface area contributed by atoms with E-state index in [0.717, 1.165) is 36.7 Å². The van der Waals surface area contributed by atoms with E-state index >= 15 is 0 Å². The summed E-state index contributed by atoms with van der Waals surface area (Å²) in [7, 11) is 0. The first-order valence-corrected chi connectivity index (χ1v) is 7.73. The van der Waals surface area contributed by atoms with Crippen LogP contribution in [0.25, 0.3) is 5.65 Å². The second-order valence-corrected chi connectivity index (χ2v) is 5.23. The number of aryl methyl sites for hydroxylation is 1. The highest BCUT2D eigenvalue weighted by atomic mass is 16.6. The van der Waals surface area contributed by atoms with Crippen molar-refractivity contribution in [1.82, 2.24) is 19.5 Å². The molecule has 1 amide bonds. The Morgan fingerprint density at radius 1 is 1.27 bits per heavy atom.